The fourth-order valence-electron chi connectivity index (χ4n) is 3.75. The number of benzene rings is 1. The zero-order valence-electron chi connectivity index (χ0n) is 15.2. The third kappa shape index (κ3) is 3.57. The molecule has 1 aromatic rings. The summed E-state index contributed by atoms with van der Waals surface area (Å²) in [7, 11) is 4.36. The quantitative estimate of drug-likeness (QED) is 0.870. The van der Waals surface area contributed by atoms with Crippen LogP contribution < -0.4 is 15.5 Å². The maximum atomic E-state index is 6.29. The van der Waals surface area contributed by atoms with Crippen molar-refractivity contribution in [2.75, 3.05) is 55.8 Å². The van der Waals surface area contributed by atoms with Crippen molar-refractivity contribution in [2.45, 2.75) is 39.2 Å². The SMILES string of the molecule is CN(C)C1CCN(c2ccc(N)c(N3CCC(C)(C)CC3)c2)C1. The van der Waals surface area contributed by atoms with E-state index in [9.17, 15) is 0 Å². The van der Waals surface area contributed by atoms with Gasteiger partial charge in [-0.05, 0) is 57.0 Å². The summed E-state index contributed by atoms with van der Waals surface area (Å²) in [6.07, 6.45) is 3.72. The monoisotopic (exact) mass is 316 g/mol. The second-order valence-electron chi connectivity index (χ2n) is 8.25. The van der Waals surface area contributed by atoms with E-state index in [2.05, 4.69) is 60.8 Å². The average Bonchev–Trinajstić information content (AvgIpc) is 2.98. The highest BCUT2D eigenvalue weighted by Gasteiger charge is 2.28. The van der Waals surface area contributed by atoms with E-state index in [1.54, 1.807) is 0 Å². The van der Waals surface area contributed by atoms with E-state index in [4.69, 9.17) is 5.73 Å². The number of anilines is 3. The molecule has 0 bridgehead atoms. The number of nitrogens with zero attached hydrogens (tertiary/aromatic N) is 3. The molecular weight excluding hydrogens is 284 g/mol. The summed E-state index contributed by atoms with van der Waals surface area (Å²) in [6, 6.07) is 7.25. The average molecular weight is 316 g/mol. The lowest BCUT2D eigenvalue weighted by atomic mass is 9.82. The van der Waals surface area contributed by atoms with E-state index in [-0.39, 0.29) is 0 Å². The van der Waals surface area contributed by atoms with Crippen LogP contribution in [0.3, 0.4) is 0 Å². The van der Waals surface area contributed by atoms with Gasteiger partial charge in [-0.1, -0.05) is 13.8 Å². The molecule has 4 heteroatoms. The molecule has 4 nitrogen and oxygen atoms in total. The molecule has 1 unspecified atom stereocenters. The summed E-state index contributed by atoms with van der Waals surface area (Å²) in [5.74, 6) is 0. The minimum atomic E-state index is 0.469. The van der Waals surface area contributed by atoms with Crippen LogP contribution in [0.15, 0.2) is 18.2 Å². The van der Waals surface area contributed by atoms with Gasteiger partial charge in [-0.3, -0.25) is 0 Å². The molecule has 2 aliphatic heterocycles. The number of piperidine rings is 1. The van der Waals surface area contributed by atoms with E-state index >= 15 is 0 Å². The van der Waals surface area contributed by atoms with Gasteiger partial charge in [0.05, 0.1) is 11.4 Å². The summed E-state index contributed by atoms with van der Waals surface area (Å²) >= 11 is 0. The Bertz CT molecular complexity index is 542. The molecule has 3 rings (SSSR count). The number of nitrogens with two attached hydrogens (primary N) is 1. The van der Waals surface area contributed by atoms with Gasteiger partial charge < -0.3 is 20.4 Å². The van der Waals surface area contributed by atoms with Crippen LogP contribution in [0.1, 0.15) is 33.1 Å². The Morgan fingerprint density at radius 2 is 1.78 bits per heavy atom. The van der Waals surface area contributed by atoms with Gasteiger partial charge in [-0.15, -0.1) is 0 Å². The minimum Gasteiger partial charge on any atom is -0.397 e. The predicted octanol–water partition coefficient (Wildman–Crippen LogP) is 3.04. The topological polar surface area (TPSA) is 35.7 Å². The highest BCUT2D eigenvalue weighted by Crippen LogP contribution is 2.36. The van der Waals surface area contributed by atoms with Gasteiger partial charge in [0, 0.05) is 37.9 Å². The summed E-state index contributed by atoms with van der Waals surface area (Å²) in [6.45, 7) is 9.22. The highest BCUT2D eigenvalue weighted by molar-refractivity contribution is 5.73. The summed E-state index contributed by atoms with van der Waals surface area (Å²) < 4.78 is 0. The Morgan fingerprint density at radius 3 is 2.39 bits per heavy atom. The summed E-state index contributed by atoms with van der Waals surface area (Å²) in [5.41, 5.74) is 10.2. The van der Waals surface area contributed by atoms with Gasteiger partial charge in [0.25, 0.3) is 0 Å². The van der Waals surface area contributed by atoms with Gasteiger partial charge in [0.2, 0.25) is 0 Å². The Morgan fingerprint density at radius 1 is 1.09 bits per heavy atom. The lowest BCUT2D eigenvalue weighted by molar-refractivity contribution is 0.280. The first kappa shape index (κ1) is 16.4. The van der Waals surface area contributed by atoms with Crippen molar-refractivity contribution >= 4 is 17.1 Å². The standard InChI is InChI=1S/C19H32N4/c1-19(2)8-11-22(12-9-19)18-13-15(5-6-17(18)20)23-10-7-16(14-23)21(3)4/h5-6,13,16H,7-12,14,20H2,1-4H3. The lowest BCUT2D eigenvalue weighted by Gasteiger charge is -2.39. The van der Waals surface area contributed by atoms with Crippen molar-refractivity contribution < 1.29 is 0 Å². The molecule has 128 valence electrons. The van der Waals surface area contributed by atoms with Gasteiger partial charge in [-0.2, -0.15) is 0 Å². The van der Waals surface area contributed by atoms with Crippen LogP contribution >= 0.6 is 0 Å². The van der Waals surface area contributed by atoms with Crippen LogP contribution in [0.2, 0.25) is 0 Å². The molecule has 0 radical (unpaired) electrons. The Labute approximate surface area is 141 Å². The van der Waals surface area contributed by atoms with Crippen LogP contribution in [0.25, 0.3) is 0 Å². The van der Waals surface area contributed by atoms with Crippen LogP contribution in [-0.4, -0.2) is 51.2 Å². The number of likely N-dealkylation sites (N-methyl/N-ethyl adjacent to an activating group) is 1. The smallest absolute Gasteiger partial charge is 0.0620 e. The minimum absolute atomic E-state index is 0.469. The molecule has 1 aromatic carbocycles. The first-order chi connectivity index (χ1) is 10.9. The van der Waals surface area contributed by atoms with E-state index in [0.29, 0.717) is 11.5 Å². The Hall–Kier alpha value is -1.42. The van der Waals surface area contributed by atoms with Crippen molar-refractivity contribution in [2.24, 2.45) is 5.41 Å². The van der Waals surface area contributed by atoms with Gasteiger partial charge in [0.15, 0.2) is 0 Å². The number of hydrogen-bond acceptors (Lipinski definition) is 4. The predicted molar refractivity (Wildman–Crippen MR) is 100 cm³/mol. The van der Waals surface area contributed by atoms with Crippen LogP contribution in [0, 0.1) is 5.41 Å². The normalized spacial score (nSPS) is 24.5. The molecule has 2 heterocycles. The second-order valence-corrected chi connectivity index (χ2v) is 8.25. The molecule has 0 spiro atoms. The van der Waals surface area contributed by atoms with E-state index in [0.717, 1.165) is 31.9 Å². The molecule has 2 saturated heterocycles. The van der Waals surface area contributed by atoms with Gasteiger partial charge in [-0.25, -0.2) is 0 Å². The zero-order valence-corrected chi connectivity index (χ0v) is 15.2. The molecule has 0 amide bonds. The van der Waals surface area contributed by atoms with Crippen LogP contribution in [0.4, 0.5) is 17.1 Å². The van der Waals surface area contributed by atoms with Crippen molar-refractivity contribution in [1.82, 2.24) is 4.90 Å². The van der Waals surface area contributed by atoms with Gasteiger partial charge in [0.1, 0.15) is 0 Å². The molecule has 2 N–H and O–H groups in total. The molecular formula is C19H32N4. The Kier molecular flexibility index (Phi) is 4.45. The van der Waals surface area contributed by atoms with Crippen molar-refractivity contribution in [3.8, 4) is 0 Å². The van der Waals surface area contributed by atoms with Gasteiger partial charge >= 0.3 is 0 Å². The summed E-state index contributed by atoms with van der Waals surface area (Å²) in [5, 5.41) is 0. The molecule has 23 heavy (non-hydrogen) atoms. The molecule has 2 aliphatic rings. The second kappa shape index (κ2) is 6.23. The third-order valence-electron chi connectivity index (χ3n) is 5.73. The van der Waals surface area contributed by atoms with Crippen LogP contribution in [0.5, 0.6) is 0 Å². The van der Waals surface area contributed by atoms with Crippen molar-refractivity contribution in [3.63, 3.8) is 0 Å². The number of rotatable bonds is 3. The Balaban J connectivity index is 1.75. The number of nitrogen functional groups attached to an aromatic ring is 1. The highest BCUT2D eigenvalue weighted by atomic mass is 15.2. The largest absolute Gasteiger partial charge is 0.397 e. The van der Waals surface area contributed by atoms with E-state index in [1.165, 1.54) is 30.6 Å². The van der Waals surface area contributed by atoms with Crippen LogP contribution in [-0.2, 0) is 0 Å². The molecule has 0 aliphatic carbocycles. The maximum Gasteiger partial charge on any atom is 0.0620 e. The fraction of sp³-hybridized carbons (Fsp3) is 0.684. The third-order valence-corrected chi connectivity index (χ3v) is 5.73. The van der Waals surface area contributed by atoms with E-state index < -0.39 is 0 Å². The molecule has 0 saturated carbocycles. The fourth-order valence-corrected chi connectivity index (χ4v) is 3.75. The summed E-state index contributed by atoms with van der Waals surface area (Å²) in [4.78, 5) is 7.32. The molecule has 1 atom stereocenters. The molecule has 2 fully saturated rings. The van der Waals surface area contributed by atoms with Crippen molar-refractivity contribution in [3.05, 3.63) is 18.2 Å². The molecule has 0 aromatic heterocycles. The first-order valence-corrected chi connectivity index (χ1v) is 8.92. The zero-order chi connectivity index (χ0) is 16.6. The van der Waals surface area contributed by atoms with Crippen molar-refractivity contribution in [1.29, 1.82) is 0 Å². The number of hydrogen-bond donors (Lipinski definition) is 1. The maximum absolute atomic E-state index is 6.29. The first-order valence-electron chi connectivity index (χ1n) is 8.92. The lowest BCUT2D eigenvalue weighted by Crippen LogP contribution is -2.37. The van der Waals surface area contributed by atoms with E-state index in [1.807, 2.05) is 0 Å².